The number of rotatable bonds is 3. The summed E-state index contributed by atoms with van der Waals surface area (Å²) in [4.78, 5) is 10.5. The Labute approximate surface area is 69.2 Å². The van der Waals surface area contributed by atoms with Crippen LogP contribution in [0.4, 0.5) is 0 Å². The van der Waals surface area contributed by atoms with E-state index in [-0.39, 0.29) is 12.2 Å². The molecule has 0 spiro atoms. The highest BCUT2D eigenvalue weighted by atomic mass is 16.4. The van der Waals surface area contributed by atoms with Crippen LogP contribution in [0.25, 0.3) is 0 Å². The molecule has 5 nitrogen and oxygen atoms in total. The summed E-state index contributed by atoms with van der Waals surface area (Å²) in [5, 5.41) is 21.4. The first-order valence-electron chi connectivity index (χ1n) is 3.54. The van der Waals surface area contributed by atoms with Crippen molar-refractivity contribution in [3.8, 4) is 0 Å². The van der Waals surface area contributed by atoms with Crippen LogP contribution in [0.5, 0.6) is 0 Å². The zero-order valence-corrected chi connectivity index (χ0v) is 6.64. The fourth-order valence-electron chi connectivity index (χ4n) is 0.910. The van der Waals surface area contributed by atoms with E-state index in [0.717, 1.165) is 0 Å². The molecule has 5 heteroatoms. The van der Waals surface area contributed by atoms with Gasteiger partial charge < -0.3 is 10.2 Å². The number of hydrogen-bond acceptors (Lipinski definition) is 3. The molecule has 0 bridgehead atoms. The lowest BCUT2D eigenvalue weighted by Gasteiger charge is -2.05. The molecule has 0 aliphatic rings. The first-order chi connectivity index (χ1) is 5.61. The van der Waals surface area contributed by atoms with Gasteiger partial charge in [0, 0.05) is 6.20 Å². The van der Waals surface area contributed by atoms with Crippen LogP contribution in [0.15, 0.2) is 12.3 Å². The third-order valence-corrected chi connectivity index (χ3v) is 1.37. The molecule has 0 fully saturated rings. The summed E-state index contributed by atoms with van der Waals surface area (Å²) in [6.45, 7) is 1.78. The molecule has 1 rings (SSSR count). The van der Waals surface area contributed by atoms with Gasteiger partial charge in [-0.25, -0.2) is 4.79 Å². The summed E-state index contributed by atoms with van der Waals surface area (Å²) in [6, 6.07) is 1.39. The van der Waals surface area contributed by atoms with Crippen molar-refractivity contribution in [1.82, 2.24) is 9.78 Å². The Bertz CT molecular complexity index is 280. The second-order valence-electron chi connectivity index (χ2n) is 2.55. The fourth-order valence-corrected chi connectivity index (χ4v) is 0.910. The standard InChI is InChI=1S/C7H10N2O3/c1-5(10)4-9-6(7(11)12)2-3-8-9/h2-3,5,10H,4H2,1H3,(H,11,12). The minimum atomic E-state index is -1.03. The SMILES string of the molecule is CC(O)Cn1nccc1C(=O)O. The maximum atomic E-state index is 10.5. The topological polar surface area (TPSA) is 75.3 Å². The van der Waals surface area contributed by atoms with Crippen molar-refractivity contribution in [2.45, 2.75) is 19.6 Å². The highest BCUT2D eigenvalue weighted by molar-refractivity contribution is 5.85. The normalized spacial score (nSPS) is 12.8. The number of aromatic nitrogens is 2. The average Bonchev–Trinajstić information content (AvgIpc) is 2.33. The van der Waals surface area contributed by atoms with Gasteiger partial charge in [0.1, 0.15) is 5.69 Å². The molecule has 0 saturated carbocycles. The average molecular weight is 170 g/mol. The summed E-state index contributed by atoms with van der Waals surface area (Å²) in [5.41, 5.74) is 0.0934. The van der Waals surface area contributed by atoms with Crippen LogP contribution in [0.1, 0.15) is 17.4 Å². The van der Waals surface area contributed by atoms with Crippen molar-refractivity contribution in [1.29, 1.82) is 0 Å². The smallest absolute Gasteiger partial charge is 0.354 e. The van der Waals surface area contributed by atoms with Gasteiger partial charge in [-0.2, -0.15) is 5.10 Å². The van der Waals surface area contributed by atoms with E-state index < -0.39 is 12.1 Å². The van der Waals surface area contributed by atoms with Crippen LogP contribution < -0.4 is 0 Å². The van der Waals surface area contributed by atoms with Gasteiger partial charge >= 0.3 is 5.97 Å². The first kappa shape index (κ1) is 8.73. The fraction of sp³-hybridized carbons (Fsp3) is 0.429. The van der Waals surface area contributed by atoms with Gasteiger partial charge in [0.2, 0.25) is 0 Å². The first-order valence-corrected chi connectivity index (χ1v) is 3.54. The van der Waals surface area contributed by atoms with Crippen LogP contribution in [0, 0.1) is 0 Å². The summed E-state index contributed by atoms with van der Waals surface area (Å²) in [5.74, 6) is -1.03. The lowest BCUT2D eigenvalue weighted by molar-refractivity contribution is 0.0678. The second-order valence-corrected chi connectivity index (χ2v) is 2.55. The third-order valence-electron chi connectivity index (χ3n) is 1.37. The number of aliphatic hydroxyl groups excluding tert-OH is 1. The number of hydrogen-bond donors (Lipinski definition) is 2. The zero-order chi connectivity index (χ0) is 9.14. The van der Waals surface area contributed by atoms with Crippen molar-refractivity contribution in [2.24, 2.45) is 0 Å². The van der Waals surface area contributed by atoms with Crippen LogP contribution in [0.2, 0.25) is 0 Å². The Hall–Kier alpha value is -1.36. The zero-order valence-electron chi connectivity index (χ0n) is 6.64. The number of carboxylic acid groups (broad SMARTS) is 1. The Morgan fingerprint density at radius 2 is 2.50 bits per heavy atom. The summed E-state index contributed by atoms with van der Waals surface area (Å²) in [7, 11) is 0. The highest BCUT2D eigenvalue weighted by Crippen LogP contribution is 1.99. The molecule has 0 saturated heterocycles. The minimum Gasteiger partial charge on any atom is -0.477 e. The van der Waals surface area contributed by atoms with Gasteiger partial charge in [-0.1, -0.05) is 0 Å². The van der Waals surface area contributed by atoms with Gasteiger partial charge in [-0.15, -0.1) is 0 Å². The molecule has 0 amide bonds. The maximum Gasteiger partial charge on any atom is 0.354 e. The Balaban J connectivity index is 2.84. The molecule has 1 atom stereocenters. The number of carboxylic acids is 1. The van der Waals surface area contributed by atoms with Crippen LogP contribution in [-0.4, -0.2) is 32.1 Å². The molecule has 2 N–H and O–H groups in total. The number of aromatic carboxylic acids is 1. The van der Waals surface area contributed by atoms with E-state index in [4.69, 9.17) is 10.2 Å². The van der Waals surface area contributed by atoms with E-state index in [2.05, 4.69) is 5.10 Å². The van der Waals surface area contributed by atoms with E-state index in [9.17, 15) is 4.79 Å². The van der Waals surface area contributed by atoms with Crippen LogP contribution in [0.3, 0.4) is 0 Å². The lowest BCUT2D eigenvalue weighted by atomic mass is 10.4. The van der Waals surface area contributed by atoms with Crippen molar-refractivity contribution in [3.05, 3.63) is 18.0 Å². The Kier molecular flexibility index (Phi) is 2.44. The largest absolute Gasteiger partial charge is 0.477 e. The van der Waals surface area contributed by atoms with E-state index in [0.29, 0.717) is 0 Å². The molecule has 1 heterocycles. The van der Waals surface area contributed by atoms with Gasteiger partial charge in [0.15, 0.2) is 0 Å². The Morgan fingerprint density at radius 3 is 3.00 bits per heavy atom. The molecule has 66 valence electrons. The third kappa shape index (κ3) is 1.82. The number of aliphatic hydroxyl groups is 1. The molecule has 0 radical (unpaired) electrons. The van der Waals surface area contributed by atoms with Crippen molar-refractivity contribution >= 4 is 5.97 Å². The monoisotopic (exact) mass is 170 g/mol. The quantitative estimate of drug-likeness (QED) is 0.667. The van der Waals surface area contributed by atoms with Crippen molar-refractivity contribution < 1.29 is 15.0 Å². The van der Waals surface area contributed by atoms with Gasteiger partial charge in [-0.3, -0.25) is 4.68 Å². The van der Waals surface area contributed by atoms with Gasteiger partial charge in [-0.05, 0) is 13.0 Å². The van der Waals surface area contributed by atoms with E-state index in [1.165, 1.54) is 16.9 Å². The van der Waals surface area contributed by atoms with E-state index >= 15 is 0 Å². The second kappa shape index (κ2) is 3.36. The molecule has 12 heavy (non-hydrogen) atoms. The van der Waals surface area contributed by atoms with Crippen molar-refractivity contribution in [2.75, 3.05) is 0 Å². The lowest BCUT2D eigenvalue weighted by Crippen LogP contribution is -2.17. The highest BCUT2D eigenvalue weighted by Gasteiger charge is 2.10. The molecule has 1 aromatic heterocycles. The summed E-state index contributed by atoms with van der Waals surface area (Å²) < 4.78 is 1.26. The predicted octanol–water partition coefficient (Wildman–Crippen LogP) is -0.0379. The van der Waals surface area contributed by atoms with Gasteiger partial charge in [0.05, 0.1) is 12.6 Å². The molecule has 0 aliphatic carbocycles. The minimum absolute atomic E-state index is 0.0934. The molecule has 1 aromatic rings. The molecular formula is C7H10N2O3. The summed E-state index contributed by atoms with van der Waals surface area (Å²) in [6.07, 6.45) is 0.800. The Morgan fingerprint density at radius 1 is 1.83 bits per heavy atom. The number of carbonyl (C=O) groups is 1. The molecular weight excluding hydrogens is 160 g/mol. The van der Waals surface area contributed by atoms with Crippen LogP contribution >= 0.6 is 0 Å². The molecule has 1 unspecified atom stereocenters. The molecule has 0 aromatic carbocycles. The van der Waals surface area contributed by atoms with E-state index in [1.54, 1.807) is 6.92 Å². The van der Waals surface area contributed by atoms with Crippen LogP contribution in [-0.2, 0) is 6.54 Å². The van der Waals surface area contributed by atoms with E-state index in [1.807, 2.05) is 0 Å². The predicted molar refractivity (Wildman–Crippen MR) is 40.9 cm³/mol. The summed E-state index contributed by atoms with van der Waals surface area (Å²) >= 11 is 0. The maximum absolute atomic E-state index is 10.5. The van der Waals surface area contributed by atoms with Crippen molar-refractivity contribution in [3.63, 3.8) is 0 Å². The van der Waals surface area contributed by atoms with Gasteiger partial charge in [0.25, 0.3) is 0 Å². The number of nitrogens with zero attached hydrogens (tertiary/aromatic N) is 2. The molecule has 0 aliphatic heterocycles.